The summed E-state index contributed by atoms with van der Waals surface area (Å²) in [7, 11) is 0. The van der Waals surface area contributed by atoms with E-state index in [9.17, 15) is 4.79 Å². The summed E-state index contributed by atoms with van der Waals surface area (Å²) in [6.07, 6.45) is 1.59. The molecular weight excluding hydrogens is 232 g/mol. The number of aromatic nitrogens is 1. The van der Waals surface area contributed by atoms with E-state index in [1.165, 1.54) is 11.3 Å². The molecule has 2 rings (SSSR count). The highest BCUT2D eigenvalue weighted by Crippen LogP contribution is 2.22. The lowest BCUT2D eigenvalue weighted by atomic mass is 10.1. The fourth-order valence-electron chi connectivity index (χ4n) is 1.17. The molecule has 2 N–H and O–H groups in total. The van der Waals surface area contributed by atoms with Crippen molar-refractivity contribution in [2.45, 2.75) is 0 Å². The molecule has 0 atom stereocenters. The summed E-state index contributed by atoms with van der Waals surface area (Å²) in [5, 5.41) is 2.54. The molecule has 0 aliphatic rings. The van der Waals surface area contributed by atoms with E-state index in [-0.39, 0.29) is 5.78 Å². The highest BCUT2D eigenvalue weighted by molar-refractivity contribution is 7.11. The standard InChI is InChI=1S/C10H7ClN2OS/c11-8-5-6(12)1-2-7(8)9(14)10-13-3-4-15-10/h1-5H,12H2. The first-order chi connectivity index (χ1) is 7.18. The van der Waals surface area contributed by atoms with Gasteiger partial charge in [0.1, 0.15) is 0 Å². The van der Waals surface area contributed by atoms with Gasteiger partial charge in [-0.1, -0.05) is 11.6 Å². The predicted molar refractivity (Wildman–Crippen MR) is 61.4 cm³/mol. The van der Waals surface area contributed by atoms with Crippen LogP contribution in [0.5, 0.6) is 0 Å². The molecule has 0 saturated heterocycles. The van der Waals surface area contributed by atoms with Crippen molar-refractivity contribution in [2.75, 3.05) is 5.73 Å². The van der Waals surface area contributed by atoms with Crippen molar-refractivity contribution >= 4 is 34.4 Å². The van der Waals surface area contributed by atoms with Gasteiger partial charge in [0.15, 0.2) is 5.01 Å². The van der Waals surface area contributed by atoms with Crippen molar-refractivity contribution in [3.8, 4) is 0 Å². The van der Waals surface area contributed by atoms with Gasteiger partial charge in [-0.05, 0) is 18.2 Å². The monoisotopic (exact) mass is 238 g/mol. The molecule has 0 unspecified atom stereocenters. The zero-order valence-electron chi connectivity index (χ0n) is 7.61. The van der Waals surface area contributed by atoms with E-state index in [1.54, 1.807) is 29.8 Å². The Morgan fingerprint density at radius 1 is 1.47 bits per heavy atom. The Hall–Kier alpha value is -1.39. The number of rotatable bonds is 2. The van der Waals surface area contributed by atoms with Gasteiger partial charge in [0.25, 0.3) is 0 Å². The van der Waals surface area contributed by atoms with E-state index in [1.807, 2.05) is 0 Å². The van der Waals surface area contributed by atoms with E-state index in [2.05, 4.69) is 4.98 Å². The van der Waals surface area contributed by atoms with Gasteiger partial charge in [0.05, 0.1) is 5.02 Å². The number of benzene rings is 1. The van der Waals surface area contributed by atoms with E-state index < -0.39 is 0 Å². The maximum absolute atomic E-state index is 11.9. The molecule has 3 nitrogen and oxygen atoms in total. The van der Waals surface area contributed by atoms with Gasteiger partial charge in [-0.15, -0.1) is 11.3 Å². The topological polar surface area (TPSA) is 56.0 Å². The van der Waals surface area contributed by atoms with Gasteiger partial charge in [-0.2, -0.15) is 0 Å². The van der Waals surface area contributed by atoms with Crippen molar-refractivity contribution in [1.82, 2.24) is 4.98 Å². The Balaban J connectivity index is 2.42. The van der Waals surface area contributed by atoms with E-state index in [0.29, 0.717) is 21.3 Å². The fraction of sp³-hybridized carbons (Fsp3) is 0. The van der Waals surface area contributed by atoms with Crippen LogP contribution in [0.4, 0.5) is 5.69 Å². The summed E-state index contributed by atoms with van der Waals surface area (Å²) >= 11 is 7.21. The van der Waals surface area contributed by atoms with Gasteiger partial charge < -0.3 is 5.73 Å². The van der Waals surface area contributed by atoms with Crippen molar-refractivity contribution < 1.29 is 4.79 Å². The minimum atomic E-state index is -0.171. The molecule has 1 aromatic heterocycles. The summed E-state index contributed by atoms with van der Waals surface area (Å²) in [5.41, 5.74) is 6.51. The molecule has 0 aliphatic heterocycles. The number of anilines is 1. The summed E-state index contributed by atoms with van der Waals surface area (Å²) in [6, 6.07) is 4.82. The second kappa shape index (κ2) is 4.00. The lowest BCUT2D eigenvalue weighted by Crippen LogP contribution is -2.01. The van der Waals surface area contributed by atoms with Gasteiger partial charge in [0.2, 0.25) is 5.78 Å². The lowest BCUT2D eigenvalue weighted by molar-refractivity contribution is 0.103. The first-order valence-corrected chi connectivity index (χ1v) is 5.43. The van der Waals surface area contributed by atoms with Gasteiger partial charge in [0, 0.05) is 22.8 Å². The number of thiazole rings is 1. The lowest BCUT2D eigenvalue weighted by Gasteiger charge is -2.01. The Morgan fingerprint density at radius 3 is 2.87 bits per heavy atom. The number of carbonyl (C=O) groups is 1. The SMILES string of the molecule is Nc1ccc(C(=O)c2nccs2)c(Cl)c1. The van der Waals surface area contributed by atoms with Gasteiger partial charge in [-0.3, -0.25) is 4.79 Å². The van der Waals surface area contributed by atoms with Crippen LogP contribution in [0.3, 0.4) is 0 Å². The summed E-state index contributed by atoms with van der Waals surface area (Å²) in [6.45, 7) is 0. The Labute approximate surface area is 95.5 Å². The highest BCUT2D eigenvalue weighted by atomic mass is 35.5. The number of carbonyl (C=O) groups excluding carboxylic acids is 1. The molecule has 76 valence electrons. The average Bonchev–Trinajstić information content (AvgIpc) is 2.69. The Bertz CT molecular complexity index is 496. The van der Waals surface area contributed by atoms with Gasteiger partial charge in [-0.25, -0.2) is 4.98 Å². The predicted octanol–water partition coefficient (Wildman–Crippen LogP) is 2.61. The minimum Gasteiger partial charge on any atom is -0.399 e. The maximum Gasteiger partial charge on any atom is 0.223 e. The van der Waals surface area contributed by atoms with Crippen molar-refractivity contribution in [2.24, 2.45) is 0 Å². The maximum atomic E-state index is 11.9. The second-order valence-corrected chi connectivity index (χ2v) is 4.21. The van der Waals surface area contributed by atoms with Crippen LogP contribution in [0, 0.1) is 0 Å². The molecule has 0 fully saturated rings. The van der Waals surface area contributed by atoms with Gasteiger partial charge >= 0.3 is 0 Å². The van der Waals surface area contributed by atoms with Crippen LogP contribution >= 0.6 is 22.9 Å². The van der Waals surface area contributed by atoms with Crippen LogP contribution in [-0.4, -0.2) is 10.8 Å². The number of hydrogen-bond donors (Lipinski definition) is 1. The molecule has 0 spiro atoms. The molecule has 0 bridgehead atoms. The summed E-state index contributed by atoms with van der Waals surface area (Å²) in [4.78, 5) is 15.8. The molecule has 15 heavy (non-hydrogen) atoms. The number of ketones is 1. The third-order valence-electron chi connectivity index (χ3n) is 1.86. The smallest absolute Gasteiger partial charge is 0.223 e. The first kappa shape index (κ1) is 10.1. The number of nitrogen functional groups attached to an aromatic ring is 1. The van der Waals surface area contributed by atoms with E-state index in [0.717, 1.165) is 0 Å². The summed E-state index contributed by atoms with van der Waals surface area (Å²) < 4.78 is 0. The molecular formula is C10H7ClN2OS. The molecule has 0 aliphatic carbocycles. The van der Waals surface area contributed by atoms with Crippen LogP contribution in [0.25, 0.3) is 0 Å². The number of nitrogens with two attached hydrogens (primary N) is 1. The molecule has 1 heterocycles. The Kier molecular flexibility index (Phi) is 2.70. The van der Waals surface area contributed by atoms with Crippen LogP contribution in [0.1, 0.15) is 15.4 Å². The third kappa shape index (κ3) is 2.00. The third-order valence-corrected chi connectivity index (χ3v) is 2.95. The highest BCUT2D eigenvalue weighted by Gasteiger charge is 2.14. The molecule has 5 heteroatoms. The average molecular weight is 239 g/mol. The molecule has 2 aromatic rings. The Morgan fingerprint density at radius 2 is 2.27 bits per heavy atom. The fourth-order valence-corrected chi connectivity index (χ4v) is 2.03. The van der Waals surface area contributed by atoms with Crippen LogP contribution in [0.15, 0.2) is 29.8 Å². The molecule has 0 saturated carbocycles. The molecule has 0 amide bonds. The zero-order valence-corrected chi connectivity index (χ0v) is 9.18. The van der Waals surface area contributed by atoms with Crippen LogP contribution < -0.4 is 5.73 Å². The van der Waals surface area contributed by atoms with Crippen molar-refractivity contribution in [1.29, 1.82) is 0 Å². The van der Waals surface area contributed by atoms with E-state index in [4.69, 9.17) is 17.3 Å². The van der Waals surface area contributed by atoms with Crippen LogP contribution in [0.2, 0.25) is 5.02 Å². The van der Waals surface area contributed by atoms with E-state index >= 15 is 0 Å². The zero-order chi connectivity index (χ0) is 10.8. The van der Waals surface area contributed by atoms with Crippen molar-refractivity contribution in [3.63, 3.8) is 0 Å². The first-order valence-electron chi connectivity index (χ1n) is 4.17. The molecule has 1 aromatic carbocycles. The van der Waals surface area contributed by atoms with Crippen molar-refractivity contribution in [3.05, 3.63) is 45.4 Å². The largest absolute Gasteiger partial charge is 0.399 e. The molecule has 0 radical (unpaired) electrons. The minimum absolute atomic E-state index is 0.171. The van der Waals surface area contributed by atoms with Crippen LogP contribution in [-0.2, 0) is 0 Å². The normalized spacial score (nSPS) is 10.2. The number of halogens is 1. The quantitative estimate of drug-likeness (QED) is 0.646. The number of nitrogens with zero attached hydrogens (tertiary/aromatic N) is 1. The second-order valence-electron chi connectivity index (χ2n) is 2.91. The summed E-state index contributed by atoms with van der Waals surface area (Å²) in [5.74, 6) is -0.171. The number of hydrogen-bond acceptors (Lipinski definition) is 4.